The quantitative estimate of drug-likeness (QED) is 0.859. The molecule has 0 saturated carbocycles. The van der Waals surface area contributed by atoms with Crippen molar-refractivity contribution < 1.29 is 0 Å². The summed E-state index contributed by atoms with van der Waals surface area (Å²) in [6.07, 6.45) is 5.47. The number of fused-ring (bicyclic) bond motifs is 2. The monoisotopic (exact) mass is 330 g/mol. The summed E-state index contributed by atoms with van der Waals surface area (Å²) >= 11 is 0. The summed E-state index contributed by atoms with van der Waals surface area (Å²) in [6, 6.07) is 0.584. The number of hydrogen-bond donors (Lipinski definition) is 1. The van der Waals surface area contributed by atoms with Crippen molar-refractivity contribution in [1.82, 2.24) is 24.6 Å². The summed E-state index contributed by atoms with van der Waals surface area (Å²) in [5, 5.41) is 4.95. The van der Waals surface area contributed by atoms with Crippen molar-refractivity contribution in [3.8, 4) is 0 Å². The molecule has 7 heteroatoms. The van der Waals surface area contributed by atoms with Crippen LogP contribution in [0.5, 0.6) is 0 Å². The number of anilines is 1. The number of nitrogens with one attached hydrogen (secondary N) is 1. The zero-order valence-corrected chi connectivity index (χ0v) is 14.7. The molecule has 2 aromatic rings. The maximum Gasteiger partial charge on any atom is 0.263 e. The molecule has 2 aliphatic heterocycles. The van der Waals surface area contributed by atoms with Crippen LogP contribution in [-0.4, -0.2) is 56.9 Å². The number of aromatic amines is 1. The van der Waals surface area contributed by atoms with E-state index in [1.54, 1.807) is 6.20 Å². The van der Waals surface area contributed by atoms with E-state index in [-0.39, 0.29) is 11.1 Å². The summed E-state index contributed by atoms with van der Waals surface area (Å²) in [6.45, 7) is 10.3. The molecule has 0 radical (unpaired) electrons. The van der Waals surface area contributed by atoms with Crippen molar-refractivity contribution in [2.24, 2.45) is 0 Å². The molecule has 130 valence electrons. The lowest BCUT2D eigenvalue weighted by Crippen LogP contribution is -2.55. The van der Waals surface area contributed by atoms with Gasteiger partial charge in [0, 0.05) is 25.7 Å². The molecule has 1 atom stereocenters. The molecular formula is C17H26N6O. The Morgan fingerprint density at radius 2 is 2.04 bits per heavy atom. The third-order valence-corrected chi connectivity index (χ3v) is 5.20. The van der Waals surface area contributed by atoms with Gasteiger partial charge in [-0.25, -0.2) is 4.68 Å². The number of piperidine rings is 1. The van der Waals surface area contributed by atoms with Crippen LogP contribution in [0, 0.1) is 0 Å². The van der Waals surface area contributed by atoms with E-state index in [0.717, 1.165) is 19.6 Å². The van der Waals surface area contributed by atoms with Gasteiger partial charge in [-0.15, -0.1) is 0 Å². The van der Waals surface area contributed by atoms with Crippen LogP contribution in [0.3, 0.4) is 0 Å². The Morgan fingerprint density at radius 3 is 2.83 bits per heavy atom. The summed E-state index contributed by atoms with van der Waals surface area (Å²) in [5.74, 6) is 0.684. The van der Waals surface area contributed by atoms with E-state index in [1.165, 1.54) is 25.8 Å². The van der Waals surface area contributed by atoms with Gasteiger partial charge in [-0.2, -0.15) is 10.1 Å². The normalized spacial score (nSPS) is 22.8. The number of piperazine rings is 1. The third kappa shape index (κ3) is 2.60. The highest BCUT2D eigenvalue weighted by Crippen LogP contribution is 2.24. The molecule has 2 saturated heterocycles. The Kier molecular flexibility index (Phi) is 3.63. The molecule has 0 bridgehead atoms. The van der Waals surface area contributed by atoms with Crippen LogP contribution < -0.4 is 10.5 Å². The number of rotatable bonds is 1. The molecule has 0 aliphatic carbocycles. The van der Waals surface area contributed by atoms with Gasteiger partial charge in [0.2, 0.25) is 5.95 Å². The Bertz CT molecular complexity index is 801. The molecule has 2 aromatic heterocycles. The number of H-pyrrole nitrogens is 1. The van der Waals surface area contributed by atoms with Crippen molar-refractivity contribution in [1.29, 1.82) is 0 Å². The van der Waals surface area contributed by atoms with E-state index in [4.69, 9.17) is 4.98 Å². The molecule has 1 N–H and O–H groups in total. The first kappa shape index (κ1) is 15.6. The van der Waals surface area contributed by atoms with Gasteiger partial charge in [0.15, 0.2) is 5.65 Å². The fourth-order valence-electron chi connectivity index (χ4n) is 3.90. The molecule has 24 heavy (non-hydrogen) atoms. The topological polar surface area (TPSA) is 70.1 Å². The standard InChI is InChI=1S/C17H26N6O/c1-17(2,3)23-14-13(10-18-23)15(24)20-16(19-14)22-9-8-21-7-5-4-6-12(21)11-22/h10,12H,4-9,11H2,1-3H3,(H,19,20,24). The first-order valence-electron chi connectivity index (χ1n) is 8.91. The summed E-state index contributed by atoms with van der Waals surface area (Å²) in [4.78, 5) is 25.0. The first-order valence-corrected chi connectivity index (χ1v) is 8.91. The zero-order chi connectivity index (χ0) is 16.9. The second-order valence-corrected chi connectivity index (χ2v) is 7.99. The fraction of sp³-hybridized carbons (Fsp3) is 0.706. The molecule has 2 fully saturated rings. The predicted octanol–water partition coefficient (Wildman–Crippen LogP) is 1.55. The predicted molar refractivity (Wildman–Crippen MR) is 94.6 cm³/mol. The first-order chi connectivity index (χ1) is 11.4. The van der Waals surface area contributed by atoms with Gasteiger partial charge in [-0.3, -0.25) is 14.7 Å². The minimum Gasteiger partial charge on any atom is -0.339 e. The van der Waals surface area contributed by atoms with Crippen molar-refractivity contribution in [2.45, 2.75) is 51.6 Å². The van der Waals surface area contributed by atoms with E-state index >= 15 is 0 Å². The highest BCUT2D eigenvalue weighted by atomic mass is 16.1. The van der Waals surface area contributed by atoms with Crippen LogP contribution in [0.1, 0.15) is 40.0 Å². The zero-order valence-electron chi connectivity index (χ0n) is 14.7. The Hall–Kier alpha value is -1.89. The maximum absolute atomic E-state index is 12.5. The molecule has 1 unspecified atom stereocenters. The summed E-state index contributed by atoms with van der Waals surface area (Å²) < 4.78 is 1.85. The van der Waals surface area contributed by atoms with E-state index in [9.17, 15) is 4.79 Å². The number of aromatic nitrogens is 4. The van der Waals surface area contributed by atoms with Crippen LogP contribution in [-0.2, 0) is 5.54 Å². The molecule has 4 rings (SSSR count). The second kappa shape index (κ2) is 5.58. The van der Waals surface area contributed by atoms with E-state index in [0.29, 0.717) is 23.0 Å². The van der Waals surface area contributed by atoms with Gasteiger partial charge in [0.05, 0.1) is 11.7 Å². The van der Waals surface area contributed by atoms with Crippen LogP contribution in [0.2, 0.25) is 0 Å². The largest absolute Gasteiger partial charge is 0.339 e. The second-order valence-electron chi connectivity index (χ2n) is 7.99. The van der Waals surface area contributed by atoms with Crippen molar-refractivity contribution in [3.05, 3.63) is 16.6 Å². The lowest BCUT2D eigenvalue weighted by atomic mass is 10.00. The number of hydrogen-bond acceptors (Lipinski definition) is 5. The molecule has 7 nitrogen and oxygen atoms in total. The van der Waals surface area contributed by atoms with Gasteiger partial charge >= 0.3 is 0 Å². The molecule has 4 heterocycles. The average molecular weight is 330 g/mol. The Morgan fingerprint density at radius 1 is 1.21 bits per heavy atom. The smallest absolute Gasteiger partial charge is 0.263 e. The lowest BCUT2D eigenvalue weighted by Gasteiger charge is -2.44. The minimum atomic E-state index is -0.206. The van der Waals surface area contributed by atoms with Crippen molar-refractivity contribution >= 4 is 17.0 Å². The Labute approximate surface area is 141 Å². The van der Waals surface area contributed by atoms with Crippen LogP contribution in [0.15, 0.2) is 11.0 Å². The van der Waals surface area contributed by atoms with E-state index < -0.39 is 0 Å². The average Bonchev–Trinajstić information content (AvgIpc) is 2.99. The molecule has 0 aromatic carbocycles. The summed E-state index contributed by atoms with van der Waals surface area (Å²) in [5.41, 5.74) is 0.367. The van der Waals surface area contributed by atoms with Crippen LogP contribution in [0.4, 0.5) is 5.95 Å². The fourth-order valence-corrected chi connectivity index (χ4v) is 3.90. The van der Waals surface area contributed by atoms with Crippen LogP contribution in [0.25, 0.3) is 11.0 Å². The van der Waals surface area contributed by atoms with Gasteiger partial charge in [0.1, 0.15) is 5.39 Å². The third-order valence-electron chi connectivity index (χ3n) is 5.20. The van der Waals surface area contributed by atoms with Crippen molar-refractivity contribution in [2.75, 3.05) is 31.1 Å². The molecule has 0 amide bonds. The highest BCUT2D eigenvalue weighted by molar-refractivity contribution is 5.74. The Balaban J connectivity index is 1.70. The maximum atomic E-state index is 12.5. The number of nitrogens with zero attached hydrogens (tertiary/aromatic N) is 5. The van der Waals surface area contributed by atoms with E-state index in [2.05, 4.69) is 40.7 Å². The molecular weight excluding hydrogens is 304 g/mol. The van der Waals surface area contributed by atoms with E-state index in [1.807, 2.05) is 4.68 Å². The molecule has 2 aliphatic rings. The van der Waals surface area contributed by atoms with Gasteiger partial charge < -0.3 is 4.90 Å². The highest BCUT2D eigenvalue weighted by Gasteiger charge is 2.30. The van der Waals surface area contributed by atoms with Gasteiger partial charge in [0.25, 0.3) is 5.56 Å². The SMILES string of the molecule is CC(C)(C)n1ncc2c(=O)[nH]c(N3CCN4CCCCC4C3)nc21. The molecule has 0 spiro atoms. The summed E-state index contributed by atoms with van der Waals surface area (Å²) in [7, 11) is 0. The van der Waals surface area contributed by atoms with Crippen LogP contribution >= 0.6 is 0 Å². The lowest BCUT2D eigenvalue weighted by molar-refractivity contribution is 0.133. The van der Waals surface area contributed by atoms with Gasteiger partial charge in [-0.1, -0.05) is 6.42 Å². The minimum absolute atomic E-state index is 0.100. The van der Waals surface area contributed by atoms with Gasteiger partial charge in [-0.05, 0) is 40.2 Å². The van der Waals surface area contributed by atoms with Crippen molar-refractivity contribution in [3.63, 3.8) is 0 Å².